The summed E-state index contributed by atoms with van der Waals surface area (Å²) >= 11 is 9.21. The minimum atomic E-state index is -0.646. The number of aliphatic hydroxyl groups excluding tert-OH is 2. The van der Waals surface area contributed by atoms with Crippen LogP contribution in [0.1, 0.15) is 0 Å². The van der Waals surface area contributed by atoms with Gasteiger partial charge in [0.1, 0.15) is 12.4 Å². The van der Waals surface area contributed by atoms with Crippen LogP contribution < -0.4 is 4.74 Å². The Hall–Kier alpha value is -0.330. The molecule has 2 N–H and O–H groups in total. The Morgan fingerprint density at radius 2 is 2.00 bits per heavy atom. The van der Waals surface area contributed by atoms with Crippen molar-refractivity contribution in [2.45, 2.75) is 12.2 Å². The highest BCUT2D eigenvalue weighted by Crippen LogP contribution is 2.27. The molecule has 1 aromatic carbocycles. The molecule has 2 rings (SSSR count). The fourth-order valence-electron chi connectivity index (χ4n) is 1.91. The van der Waals surface area contributed by atoms with Crippen molar-refractivity contribution in [3.8, 4) is 5.75 Å². The summed E-state index contributed by atoms with van der Waals surface area (Å²) in [4.78, 5) is 1.97. The van der Waals surface area contributed by atoms with Gasteiger partial charge >= 0.3 is 0 Å². The van der Waals surface area contributed by atoms with Gasteiger partial charge < -0.3 is 14.9 Å². The van der Waals surface area contributed by atoms with E-state index in [1.807, 2.05) is 4.90 Å². The Labute approximate surface area is 119 Å². The summed E-state index contributed by atoms with van der Waals surface area (Å²) in [6, 6.07) is 5.35. The van der Waals surface area contributed by atoms with Gasteiger partial charge in [-0.25, -0.2) is 0 Å². The molecule has 6 heteroatoms. The van der Waals surface area contributed by atoms with Gasteiger partial charge in [-0.05, 0) is 34.1 Å². The van der Waals surface area contributed by atoms with Crippen LogP contribution in [0.4, 0.5) is 0 Å². The van der Waals surface area contributed by atoms with Gasteiger partial charge in [0, 0.05) is 24.7 Å². The van der Waals surface area contributed by atoms with Gasteiger partial charge in [0.25, 0.3) is 0 Å². The van der Waals surface area contributed by atoms with Crippen molar-refractivity contribution >= 4 is 27.5 Å². The maximum absolute atomic E-state index is 9.40. The summed E-state index contributed by atoms with van der Waals surface area (Å²) in [6.45, 7) is 2.15. The van der Waals surface area contributed by atoms with Crippen molar-refractivity contribution in [3.05, 3.63) is 27.7 Å². The van der Waals surface area contributed by atoms with Gasteiger partial charge in [-0.2, -0.15) is 0 Å². The average Bonchev–Trinajstić information content (AvgIpc) is 2.61. The largest absolute Gasteiger partial charge is 0.491 e. The average molecular weight is 337 g/mol. The Morgan fingerprint density at radius 1 is 1.33 bits per heavy atom. The van der Waals surface area contributed by atoms with Gasteiger partial charge in [0.05, 0.1) is 16.7 Å². The zero-order chi connectivity index (χ0) is 13.1. The first-order valence-corrected chi connectivity index (χ1v) is 6.89. The van der Waals surface area contributed by atoms with Crippen LogP contribution in [-0.4, -0.2) is 53.6 Å². The van der Waals surface area contributed by atoms with E-state index >= 15 is 0 Å². The van der Waals surface area contributed by atoms with Gasteiger partial charge in [-0.15, -0.1) is 0 Å². The molecule has 18 heavy (non-hydrogen) atoms. The van der Waals surface area contributed by atoms with E-state index < -0.39 is 12.2 Å². The summed E-state index contributed by atoms with van der Waals surface area (Å²) in [7, 11) is 0. The van der Waals surface area contributed by atoms with E-state index in [4.69, 9.17) is 16.3 Å². The Morgan fingerprint density at radius 3 is 2.61 bits per heavy atom. The zero-order valence-corrected chi connectivity index (χ0v) is 12.1. The number of ether oxygens (including phenoxy) is 1. The lowest BCUT2D eigenvalue weighted by molar-refractivity contribution is 0.0572. The summed E-state index contributed by atoms with van der Waals surface area (Å²) in [6.07, 6.45) is -1.29. The molecular formula is C12H15BrClNO3. The van der Waals surface area contributed by atoms with Crippen LogP contribution in [0.2, 0.25) is 5.02 Å². The van der Waals surface area contributed by atoms with Crippen molar-refractivity contribution < 1.29 is 14.9 Å². The summed E-state index contributed by atoms with van der Waals surface area (Å²) in [5.41, 5.74) is 0. The van der Waals surface area contributed by atoms with Crippen LogP contribution in [-0.2, 0) is 0 Å². The SMILES string of the molecule is O[C@@H]1CN(CCOc2ccc(Cl)cc2Br)C[C@@H]1O. The van der Waals surface area contributed by atoms with Crippen molar-refractivity contribution in [3.63, 3.8) is 0 Å². The van der Waals surface area contributed by atoms with E-state index in [9.17, 15) is 10.2 Å². The molecule has 1 fully saturated rings. The summed E-state index contributed by atoms with van der Waals surface area (Å²) in [5, 5.41) is 19.5. The number of likely N-dealkylation sites (tertiary alicyclic amines) is 1. The molecule has 0 unspecified atom stereocenters. The standard InChI is InChI=1S/C12H15BrClNO3/c13-9-5-8(14)1-2-12(9)18-4-3-15-6-10(16)11(17)7-15/h1-2,5,10-11,16-17H,3-4,6-7H2/t10-,11+. The molecule has 0 spiro atoms. The maximum atomic E-state index is 9.40. The number of nitrogens with zero attached hydrogens (tertiary/aromatic N) is 1. The quantitative estimate of drug-likeness (QED) is 0.875. The molecule has 4 nitrogen and oxygen atoms in total. The topological polar surface area (TPSA) is 52.9 Å². The second-order valence-electron chi connectivity index (χ2n) is 4.32. The van der Waals surface area contributed by atoms with Crippen molar-refractivity contribution in [2.24, 2.45) is 0 Å². The third-order valence-electron chi connectivity index (χ3n) is 2.89. The van der Waals surface area contributed by atoms with Crippen LogP contribution in [0, 0.1) is 0 Å². The lowest BCUT2D eigenvalue weighted by Crippen LogP contribution is -2.27. The molecule has 1 aliphatic heterocycles. The Kier molecular flexibility index (Phi) is 4.86. The smallest absolute Gasteiger partial charge is 0.133 e. The van der Waals surface area contributed by atoms with E-state index in [0.717, 1.165) is 10.2 Å². The molecule has 0 radical (unpaired) electrons. The molecule has 0 aliphatic carbocycles. The molecule has 0 bridgehead atoms. The molecular weight excluding hydrogens is 321 g/mol. The number of halogens is 2. The van der Waals surface area contributed by atoms with Crippen molar-refractivity contribution in [1.82, 2.24) is 4.90 Å². The third kappa shape index (κ3) is 3.59. The van der Waals surface area contributed by atoms with Gasteiger partial charge in [-0.3, -0.25) is 4.90 Å². The van der Waals surface area contributed by atoms with E-state index in [1.54, 1.807) is 18.2 Å². The highest BCUT2D eigenvalue weighted by molar-refractivity contribution is 9.10. The normalized spacial score (nSPS) is 24.4. The van der Waals surface area contributed by atoms with E-state index in [1.165, 1.54) is 0 Å². The molecule has 1 aromatic rings. The predicted molar refractivity (Wildman–Crippen MR) is 73.1 cm³/mol. The van der Waals surface area contributed by atoms with Crippen LogP contribution in [0.5, 0.6) is 5.75 Å². The molecule has 1 saturated heterocycles. The number of rotatable bonds is 4. The minimum Gasteiger partial charge on any atom is -0.491 e. The van der Waals surface area contributed by atoms with Crippen LogP contribution in [0.25, 0.3) is 0 Å². The molecule has 2 atom stereocenters. The number of aliphatic hydroxyl groups is 2. The first-order valence-electron chi connectivity index (χ1n) is 5.72. The first kappa shape index (κ1) is 14.1. The number of benzene rings is 1. The second-order valence-corrected chi connectivity index (χ2v) is 5.61. The van der Waals surface area contributed by atoms with Crippen LogP contribution >= 0.6 is 27.5 Å². The Balaban J connectivity index is 1.79. The summed E-state index contributed by atoms with van der Waals surface area (Å²) in [5.74, 6) is 0.736. The molecule has 0 amide bonds. The maximum Gasteiger partial charge on any atom is 0.133 e. The highest BCUT2D eigenvalue weighted by atomic mass is 79.9. The van der Waals surface area contributed by atoms with Gasteiger partial charge in [0.15, 0.2) is 0 Å². The van der Waals surface area contributed by atoms with Gasteiger partial charge in [-0.1, -0.05) is 11.6 Å². The van der Waals surface area contributed by atoms with E-state index in [2.05, 4.69) is 15.9 Å². The zero-order valence-electron chi connectivity index (χ0n) is 9.72. The molecule has 1 heterocycles. The number of β-amino-alcohol motifs (C(OH)–C–C–N with tert-alkyl or cyclic N) is 2. The fraction of sp³-hybridized carbons (Fsp3) is 0.500. The first-order chi connectivity index (χ1) is 8.56. The van der Waals surface area contributed by atoms with Crippen LogP contribution in [0.3, 0.4) is 0 Å². The fourth-order valence-corrected chi connectivity index (χ4v) is 2.70. The molecule has 1 aliphatic rings. The lowest BCUT2D eigenvalue weighted by Gasteiger charge is -2.15. The lowest BCUT2D eigenvalue weighted by atomic mass is 10.3. The van der Waals surface area contributed by atoms with Crippen LogP contribution in [0.15, 0.2) is 22.7 Å². The summed E-state index contributed by atoms with van der Waals surface area (Å²) < 4.78 is 6.43. The predicted octanol–water partition coefficient (Wildman–Crippen LogP) is 1.52. The highest BCUT2D eigenvalue weighted by Gasteiger charge is 2.28. The Bertz CT molecular complexity index is 408. The third-order valence-corrected chi connectivity index (χ3v) is 3.75. The van der Waals surface area contributed by atoms with Crippen molar-refractivity contribution in [2.75, 3.05) is 26.2 Å². The molecule has 100 valence electrons. The van der Waals surface area contributed by atoms with Gasteiger partial charge in [0.2, 0.25) is 0 Å². The molecule has 0 saturated carbocycles. The minimum absolute atomic E-state index is 0.492. The molecule has 0 aromatic heterocycles. The second kappa shape index (κ2) is 6.21. The van der Waals surface area contributed by atoms with E-state index in [0.29, 0.717) is 31.3 Å². The monoisotopic (exact) mass is 335 g/mol. The van der Waals surface area contributed by atoms with E-state index in [-0.39, 0.29) is 0 Å². The number of hydrogen-bond acceptors (Lipinski definition) is 4. The van der Waals surface area contributed by atoms with Crippen molar-refractivity contribution in [1.29, 1.82) is 0 Å². The number of hydrogen-bond donors (Lipinski definition) is 2.